The molecule has 0 saturated carbocycles. The van der Waals surface area contributed by atoms with Crippen LogP contribution in [0.4, 0.5) is 19.7 Å². The minimum absolute atomic E-state index is 0.0132. The Morgan fingerprint density at radius 1 is 0.899 bits per heavy atom. The van der Waals surface area contributed by atoms with Gasteiger partial charge in [0.15, 0.2) is 17.2 Å². The van der Waals surface area contributed by atoms with E-state index in [2.05, 4.69) is 26.6 Å². The number of pyridine rings is 2. The second-order valence-corrected chi connectivity index (χ2v) is 22.7. The van der Waals surface area contributed by atoms with Crippen molar-refractivity contribution < 1.29 is 81.1 Å². The molecule has 0 fully saturated rings. The van der Waals surface area contributed by atoms with Crippen molar-refractivity contribution in [3.05, 3.63) is 91.5 Å². The van der Waals surface area contributed by atoms with Gasteiger partial charge in [0.1, 0.15) is 31.4 Å². The minimum atomic E-state index is -2.05. The molecule has 4 heterocycles. The van der Waals surface area contributed by atoms with Gasteiger partial charge in [0, 0.05) is 85.3 Å². The topological polar surface area (TPSA) is 384 Å². The molecule has 27 heteroatoms. The highest BCUT2D eigenvalue weighted by Gasteiger charge is 2.46. The molecule has 1 unspecified atom stereocenters. The van der Waals surface area contributed by atoms with Crippen molar-refractivity contribution in [1.82, 2.24) is 30.8 Å². The number of hydrogen-bond donors (Lipinski definition) is 8. The Morgan fingerprint density at radius 3 is 2.31 bits per heavy atom. The Balaban J connectivity index is 0.876. The molecule has 0 bridgehead atoms. The summed E-state index contributed by atoms with van der Waals surface area (Å²) in [6.45, 7) is 5.97. The van der Waals surface area contributed by atoms with E-state index >= 15 is 4.39 Å². The van der Waals surface area contributed by atoms with Crippen LogP contribution in [0.5, 0.6) is 0 Å². The summed E-state index contributed by atoms with van der Waals surface area (Å²) in [5.41, 5.74) is 12.7. The molecular formula is C62H78FN9O17. The number of aliphatic hydroxyl groups is 1. The number of rotatable bonds is 33. The van der Waals surface area contributed by atoms with Gasteiger partial charge in [-0.1, -0.05) is 32.9 Å². The summed E-state index contributed by atoms with van der Waals surface area (Å²) in [6, 6.07) is 6.69. The molecule has 0 saturated heterocycles. The number of amides is 6. The van der Waals surface area contributed by atoms with Gasteiger partial charge < -0.3 is 71.4 Å². The van der Waals surface area contributed by atoms with Crippen LogP contribution in [0, 0.1) is 30.5 Å². The van der Waals surface area contributed by atoms with E-state index in [1.165, 1.54) is 17.7 Å². The summed E-state index contributed by atoms with van der Waals surface area (Å²) in [7, 11) is 1.20. The lowest BCUT2D eigenvalue weighted by atomic mass is 9.81. The number of nitrogens with one attached hydrogen (secondary N) is 5. The van der Waals surface area contributed by atoms with Crippen molar-refractivity contribution in [3.63, 3.8) is 0 Å². The molecule has 89 heavy (non-hydrogen) atoms. The van der Waals surface area contributed by atoms with Crippen molar-refractivity contribution in [3.8, 4) is 11.4 Å². The maximum absolute atomic E-state index is 15.4. The van der Waals surface area contributed by atoms with Crippen molar-refractivity contribution >= 4 is 75.7 Å². The van der Waals surface area contributed by atoms with E-state index in [9.17, 15) is 57.8 Å². The fourth-order valence-electron chi connectivity index (χ4n) is 11.3. The van der Waals surface area contributed by atoms with Gasteiger partial charge in [-0.05, 0) is 91.8 Å². The third-order valence-electron chi connectivity index (χ3n) is 16.2. The Labute approximate surface area is 512 Å². The molecule has 26 nitrogen and oxygen atoms in total. The van der Waals surface area contributed by atoms with E-state index in [0.29, 0.717) is 63.1 Å². The highest BCUT2D eigenvalue weighted by molar-refractivity contribution is 5.98. The maximum Gasteiger partial charge on any atom is 0.407 e. The highest BCUT2D eigenvalue weighted by atomic mass is 19.1. The highest BCUT2D eigenvalue weighted by Crippen LogP contribution is 2.46. The van der Waals surface area contributed by atoms with Crippen LogP contribution < -0.4 is 43.6 Å². The van der Waals surface area contributed by atoms with Gasteiger partial charge in [0.25, 0.3) is 5.56 Å². The monoisotopic (exact) mass is 1240 g/mol. The predicted molar refractivity (Wildman–Crippen MR) is 318 cm³/mol. The second kappa shape index (κ2) is 31.1. The number of carbonyl (C=O) groups is 10. The Kier molecular flexibility index (Phi) is 23.7. The molecule has 10 N–H and O–H groups in total. The number of ketones is 3. The number of esters is 2. The van der Waals surface area contributed by atoms with Gasteiger partial charge in [-0.3, -0.25) is 38.4 Å². The molecule has 2 aromatic heterocycles. The number of nitrogens with zero attached hydrogens (tertiary/aromatic N) is 2. The number of aromatic nitrogens is 2. The van der Waals surface area contributed by atoms with Crippen LogP contribution in [-0.4, -0.2) is 133 Å². The number of benzene rings is 2. The van der Waals surface area contributed by atoms with Crippen molar-refractivity contribution in [2.45, 2.75) is 136 Å². The summed E-state index contributed by atoms with van der Waals surface area (Å²) < 4.78 is 43.0. The number of hydrogen-bond acceptors (Lipinski definition) is 19. The molecule has 480 valence electrons. The quantitative estimate of drug-likeness (QED) is 0.0169. The number of methoxy groups -OCH3 is 1. The average molecular weight is 1240 g/mol. The number of alkyl carbamates (subject to hydrolysis) is 1. The lowest BCUT2D eigenvalue weighted by Gasteiger charge is -2.31. The number of urea groups is 1. The van der Waals surface area contributed by atoms with E-state index in [0.717, 1.165) is 5.56 Å². The third kappa shape index (κ3) is 17.0. The number of Topliss-reactive ketones (excluding diaryl/α,β-unsaturated/α-hetero) is 3. The number of fused-ring (bicyclic) bond motifs is 5. The molecule has 7 rings (SSSR count). The first kappa shape index (κ1) is 68.0. The minimum Gasteiger partial charge on any atom is -0.469 e. The van der Waals surface area contributed by atoms with Gasteiger partial charge in [0.05, 0.1) is 74.6 Å². The smallest absolute Gasteiger partial charge is 0.407 e. The van der Waals surface area contributed by atoms with E-state index in [1.54, 1.807) is 58.0 Å². The summed E-state index contributed by atoms with van der Waals surface area (Å²) in [4.78, 5) is 148. The fraction of sp³-hybridized carbons (Fsp3) is 0.516. The first-order chi connectivity index (χ1) is 42.5. The summed E-state index contributed by atoms with van der Waals surface area (Å²) in [6.07, 6.45) is -0.612. The number of ether oxygens (including phenoxy) is 5. The zero-order valence-corrected chi connectivity index (χ0v) is 50.6. The normalized spacial score (nSPS) is 16.4. The van der Waals surface area contributed by atoms with Gasteiger partial charge >= 0.3 is 24.1 Å². The zero-order chi connectivity index (χ0) is 64.7. The molecule has 3 aliphatic rings. The number of cyclic esters (lactones) is 1. The predicted octanol–water partition coefficient (Wildman–Crippen LogP) is 3.53. The number of primary amides is 1. The van der Waals surface area contributed by atoms with Crippen LogP contribution in [0.15, 0.2) is 41.2 Å². The molecule has 0 radical (unpaired) electrons. The fourth-order valence-corrected chi connectivity index (χ4v) is 11.3. The van der Waals surface area contributed by atoms with Crippen molar-refractivity contribution in [1.29, 1.82) is 0 Å². The number of anilines is 1. The molecule has 1 aliphatic carbocycles. The van der Waals surface area contributed by atoms with Crippen LogP contribution in [0.25, 0.3) is 22.3 Å². The van der Waals surface area contributed by atoms with E-state index in [4.69, 9.17) is 40.1 Å². The summed E-state index contributed by atoms with van der Waals surface area (Å²) >= 11 is 0. The van der Waals surface area contributed by atoms with Gasteiger partial charge in [0.2, 0.25) is 17.7 Å². The average Bonchev–Trinajstić information content (AvgIpc) is 1.64. The Hall–Kier alpha value is -8.53. The zero-order valence-electron chi connectivity index (χ0n) is 50.6. The van der Waals surface area contributed by atoms with Crippen molar-refractivity contribution in [2.24, 2.45) is 29.2 Å². The van der Waals surface area contributed by atoms with Crippen LogP contribution in [0.2, 0.25) is 0 Å². The Morgan fingerprint density at radius 2 is 1.62 bits per heavy atom. The Bertz CT molecular complexity index is 3430. The molecule has 5 atom stereocenters. The van der Waals surface area contributed by atoms with Crippen LogP contribution in [0.1, 0.15) is 130 Å². The van der Waals surface area contributed by atoms with Crippen molar-refractivity contribution in [2.75, 3.05) is 58.5 Å². The molecule has 6 amide bonds. The summed E-state index contributed by atoms with van der Waals surface area (Å²) in [5, 5.41) is 25.4. The second-order valence-electron chi connectivity index (χ2n) is 22.7. The first-order valence-corrected chi connectivity index (χ1v) is 29.7. The lowest BCUT2D eigenvalue weighted by Crippen LogP contribution is -2.48. The number of halogens is 1. The maximum atomic E-state index is 15.4. The van der Waals surface area contributed by atoms with Crippen LogP contribution >= 0.6 is 0 Å². The van der Waals surface area contributed by atoms with Crippen LogP contribution in [-0.2, 0) is 93.8 Å². The molecule has 2 aromatic carbocycles. The van der Waals surface area contributed by atoms with Crippen LogP contribution in [0.3, 0.4) is 0 Å². The summed E-state index contributed by atoms with van der Waals surface area (Å²) in [5.74, 6) is -7.12. The van der Waals surface area contributed by atoms with E-state index in [1.807, 2.05) is 0 Å². The molecule has 2 aliphatic heterocycles. The molecule has 0 spiro atoms. The molecular weight excluding hydrogens is 1160 g/mol. The van der Waals surface area contributed by atoms with Gasteiger partial charge in [-0.15, -0.1) is 0 Å². The largest absolute Gasteiger partial charge is 0.469 e. The number of nitrogens with two attached hydrogens (primary N) is 2. The first-order valence-electron chi connectivity index (χ1n) is 29.7. The van der Waals surface area contributed by atoms with Gasteiger partial charge in [-0.2, -0.15) is 0 Å². The number of aryl methyl sites for hydroxylation is 1. The SMILES string of the molecule is CC[C@@]1(O)C(=O)OCc2c1cc1n(c2=O)Cc2c-1nc1cc(F)c(C)c3c1c2[C@@H](NC(=O)COCCC(=O)CNC(=O)OCc1ccc(NC(=O)[C@H](CCCNC(N)=O)CC(=O)[C@@H](NC(=O)C(CCC(=O)OC)CC(=O)CCOCCN)C(C)C)cc1)CC3. The van der Waals surface area contributed by atoms with E-state index < -0.39 is 113 Å². The lowest BCUT2D eigenvalue weighted by molar-refractivity contribution is -0.172. The standard InChI is InChI=1S/C62H78FN9O17/c1-6-62(84)44-26-48-55-42(29-72(48)58(80)43(44)31-88-59(62)81)53-46(15-14-41-34(4)45(63)27-47(70-55)52(41)53)69-50(76)32-87-22-18-40(74)28-67-61(83)89-30-35-9-12-38(13-10-35)68-56(78)36(8-7-20-66-60(65)82)25-49(75)54(33(2)3)71-57(79)37(11-16-51(77)85-5)24-39(73)17-21-86-23-19-64/h9-10,12-13,26-27,33,36-37,46,54,84H,6-8,11,14-25,28-32,64H2,1-5H3,(H,67,83)(H,68,78)(H,69,76)(H,71,79)(H3,65,66,82)/t36-,37?,46+,54+,62+/m1/s1. The van der Waals surface area contributed by atoms with E-state index in [-0.39, 0.29) is 127 Å². The molecule has 4 aromatic rings. The number of carbonyl (C=O) groups excluding carboxylic acids is 10. The third-order valence-corrected chi connectivity index (χ3v) is 16.2. The van der Waals surface area contributed by atoms with Gasteiger partial charge in [-0.25, -0.2) is 23.8 Å².